The van der Waals surface area contributed by atoms with Gasteiger partial charge in [0, 0.05) is 24.3 Å². The highest BCUT2D eigenvalue weighted by atomic mass is 32.2. The van der Waals surface area contributed by atoms with Crippen molar-refractivity contribution in [1.29, 1.82) is 0 Å². The topological polar surface area (TPSA) is 66.5 Å². The Balaban J connectivity index is 1.88. The molecule has 3 rings (SSSR count). The fourth-order valence-corrected chi connectivity index (χ4v) is 4.80. The zero-order valence-electron chi connectivity index (χ0n) is 15.2. The lowest BCUT2D eigenvalue weighted by Crippen LogP contribution is -2.32. The number of nitrogens with one attached hydrogen (secondary N) is 1. The lowest BCUT2D eigenvalue weighted by molar-refractivity contribution is 0.102. The summed E-state index contributed by atoms with van der Waals surface area (Å²) in [4.78, 5) is 12.1. The number of benzene rings is 2. The first-order valence-electron chi connectivity index (χ1n) is 9.05. The van der Waals surface area contributed by atoms with Crippen molar-refractivity contribution in [2.75, 3.05) is 18.4 Å². The van der Waals surface area contributed by atoms with E-state index in [1.807, 2.05) is 19.1 Å². The predicted molar refractivity (Wildman–Crippen MR) is 103 cm³/mol. The van der Waals surface area contributed by atoms with Gasteiger partial charge in [0.2, 0.25) is 10.0 Å². The summed E-state index contributed by atoms with van der Waals surface area (Å²) in [6.45, 7) is 2.66. The number of halogens is 1. The molecule has 0 aliphatic carbocycles. The minimum Gasteiger partial charge on any atom is -0.322 e. The van der Waals surface area contributed by atoms with Gasteiger partial charge in [0.25, 0.3) is 5.91 Å². The van der Waals surface area contributed by atoms with Crippen LogP contribution in [0.3, 0.4) is 0 Å². The molecule has 27 heavy (non-hydrogen) atoms. The molecule has 0 saturated carbocycles. The molecule has 1 fully saturated rings. The lowest BCUT2D eigenvalue weighted by Gasteiger charge is -2.20. The Labute approximate surface area is 159 Å². The Morgan fingerprint density at radius 3 is 2.41 bits per heavy atom. The third-order valence-corrected chi connectivity index (χ3v) is 6.57. The second-order valence-electron chi connectivity index (χ2n) is 6.79. The van der Waals surface area contributed by atoms with Crippen LogP contribution in [-0.2, 0) is 10.0 Å². The SMILES string of the molecule is Cc1cccc(NC(=O)c2ccc(F)c(S(=O)(=O)N3CCCCCC3)c2)c1. The molecule has 1 N–H and O–H groups in total. The molecule has 1 saturated heterocycles. The number of hydrogen-bond acceptors (Lipinski definition) is 3. The lowest BCUT2D eigenvalue weighted by atomic mass is 10.2. The van der Waals surface area contributed by atoms with Crippen LogP contribution < -0.4 is 5.32 Å². The molecule has 0 unspecified atom stereocenters. The van der Waals surface area contributed by atoms with Gasteiger partial charge in [-0.25, -0.2) is 12.8 Å². The van der Waals surface area contributed by atoms with Gasteiger partial charge in [0.1, 0.15) is 10.7 Å². The van der Waals surface area contributed by atoms with Crippen LogP contribution in [0.15, 0.2) is 47.4 Å². The van der Waals surface area contributed by atoms with Crippen molar-refractivity contribution in [3.05, 3.63) is 59.4 Å². The molecule has 1 amide bonds. The molecule has 2 aromatic rings. The molecule has 2 aromatic carbocycles. The van der Waals surface area contributed by atoms with E-state index >= 15 is 0 Å². The van der Waals surface area contributed by atoms with Gasteiger partial charge in [0.15, 0.2) is 0 Å². The average molecular weight is 390 g/mol. The summed E-state index contributed by atoms with van der Waals surface area (Å²) in [5, 5.41) is 2.72. The zero-order valence-corrected chi connectivity index (χ0v) is 16.1. The van der Waals surface area contributed by atoms with Crippen LogP contribution in [0.5, 0.6) is 0 Å². The summed E-state index contributed by atoms with van der Waals surface area (Å²) in [6.07, 6.45) is 3.45. The number of nitrogens with zero attached hydrogens (tertiary/aromatic N) is 1. The quantitative estimate of drug-likeness (QED) is 0.860. The second kappa shape index (κ2) is 8.19. The highest BCUT2D eigenvalue weighted by Crippen LogP contribution is 2.24. The van der Waals surface area contributed by atoms with Crippen molar-refractivity contribution in [2.45, 2.75) is 37.5 Å². The van der Waals surface area contributed by atoms with E-state index in [9.17, 15) is 17.6 Å². The molecule has 0 radical (unpaired) electrons. The molecule has 1 heterocycles. The number of hydrogen-bond donors (Lipinski definition) is 1. The zero-order chi connectivity index (χ0) is 19.4. The van der Waals surface area contributed by atoms with E-state index in [0.29, 0.717) is 18.8 Å². The van der Waals surface area contributed by atoms with Gasteiger partial charge in [-0.15, -0.1) is 0 Å². The van der Waals surface area contributed by atoms with Crippen LogP contribution in [0, 0.1) is 12.7 Å². The molecule has 0 spiro atoms. The van der Waals surface area contributed by atoms with Crippen LogP contribution in [0.4, 0.5) is 10.1 Å². The Kier molecular flexibility index (Phi) is 5.92. The highest BCUT2D eigenvalue weighted by molar-refractivity contribution is 7.89. The van der Waals surface area contributed by atoms with E-state index in [1.165, 1.54) is 10.4 Å². The maximum atomic E-state index is 14.3. The van der Waals surface area contributed by atoms with Crippen LogP contribution in [0.2, 0.25) is 0 Å². The van der Waals surface area contributed by atoms with E-state index in [-0.39, 0.29) is 5.56 Å². The first-order chi connectivity index (χ1) is 12.9. The van der Waals surface area contributed by atoms with E-state index in [0.717, 1.165) is 43.4 Å². The summed E-state index contributed by atoms with van der Waals surface area (Å²) in [5.74, 6) is -1.32. The molecule has 0 atom stereocenters. The van der Waals surface area contributed by atoms with Crippen LogP contribution in [-0.4, -0.2) is 31.7 Å². The number of rotatable bonds is 4. The van der Waals surface area contributed by atoms with Crippen molar-refractivity contribution in [3.63, 3.8) is 0 Å². The van der Waals surface area contributed by atoms with Gasteiger partial charge >= 0.3 is 0 Å². The molecule has 0 aromatic heterocycles. The molecular formula is C20H23FN2O3S. The number of carbonyl (C=O) groups is 1. The molecule has 144 valence electrons. The van der Waals surface area contributed by atoms with E-state index < -0.39 is 26.6 Å². The normalized spacial score (nSPS) is 15.9. The third kappa shape index (κ3) is 4.54. The average Bonchev–Trinajstić information content (AvgIpc) is 2.92. The van der Waals surface area contributed by atoms with Crippen LogP contribution in [0.1, 0.15) is 41.6 Å². The maximum absolute atomic E-state index is 14.3. The van der Waals surface area contributed by atoms with E-state index in [4.69, 9.17) is 0 Å². The van der Waals surface area contributed by atoms with Crippen molar-refractivity contribution in [2.24, 2.45) is 0 Å². The van der Waals surface area contributed by atoms with E-state index in [2.05, 4.69) is 5.32 Å². The molecule has 1 aliphatic heterocycles. The number of anilines is 1. The number of aryl methyl sites for hydroxylation is 1. The monoisotopic (exact) mass is 390 g/mol. The number of sulfonamides is 1. The maximum Gasteiger partial charge on any atom is 0.255 e. The molecule has 5 nitrogen and oxygen atoms in total. The minimum atomic E-state index is -3.97. The van der Waals surface area contributed by atoms with Crippen molar-refractivity contribution in [1.82, 2.24) is 4.31 Å². The fraction of sp³-hybridized carbons (Fsp3) is 0.350. The third-order valence-electron chi connectivity index (χ3n) is 4.65. The highest BCUT2D eigenvalue weighted by Gasteiger charge is 2.28. The Morgan fingerprint density at radius 2 is 1.74 bits per heavy atom. The van der Waals surface area contributed by atoms with Crippen molar-refractivity contribution >= 4 is 21.6 Å². The van der Waals surface area contributed by atoms with Gasteiger partial charge < -0.3 is 5.32 Å². The molecule has 7 heteroatoms. The first-order valence-corrected chi connectivity index (χ1v) is 10.5. The summed E-state index contributed by atoms with van der Waals surface area (Å²) in [5.41, 5.74) is 1.68. The van der Waals surface area contributed by atoms with E-state index in [1.54, 1.807) is 12.1 Å². The van der Waals surface area contributed by atoms with Crippen LogP contribution >= 0.6 is 0 Å². The number of carbonyl (C=O) groups excluding carboxylic acids is 1. The standard InChI is InChI=1S/C20H23FN2O3S/c1-15-7-6-8-17(13-15)22-20(24)16-9-10-18(21)19(14-16)27(25,26)23-11-4-2-3-5-12-23/h6-10,13-14H,2-5,11-12H2,1H3,(H,22,24). The Morgan fingerprint density at radius 1 is 1.04 bits per heavy atom. The molecule has 0 bridgehead atoms. The van der Waals surface area contributed by atoms with Crippen molar-refractivity contribution in [3.8, 4) is 0 Å². The first kappa shape index (κ1) is 19.5. The smallest absolute Gasteiger partial charge is 0.255 e. The summed E-state index contributed by atoms with van der Waals surface area (Å²) >= 11 is 0. The van der Waals surface area contributed by atoms with Gasteiger partial charge in [-0.3, -0.25) is 4.79 Å². The van der Waals surface area contributed by atoms with Gasteiger partial charge in [0.05, 0.1) is 0 Å². The van der Waals surface area contributed by atoms with Crippen LogP contribution in [0.25, 0.3) is 0 Å². The van der Waals surface area contributed by atoms with Gasteiger partial charge in [-0.1, -0.05) is 25.0 Å². The number of amides is 1. The predicted octanol–water partition coefficient (Wildman–Crippen LogP) is 3.95. The summed E-state index contributed by atoms with van der Waals surface area (Å²) < 4.78 is 41.4. The largest absolute Gasteiger partial charge is 0.322 e. The Bertz CT molecular complexity index is 936. The Hall–Kier alpha value is -2.25. The summed E-state index contributed by atoms with van der Waals surface area (Å²) in [6, 6.07) is 10.7. The van der Waals surface area contributed by atoms with Gasteiger partial charge in [-0.05, 0) is 55.7 Å². The van der Waals surface area contributed by atoms with Gasteiger partial charge in [-0.2, -0.15) is 4.31 Å². The second-order valence-corrected chi connectivity index (χ2v) is 8.69. The fourth-order valence-electron chi connectivity index (χ4n) is 3.19. The van der Waals surface area contributed by atoms with Crippen molar-refractivity contribution < 1.29 is 17.6 Å². The summed E-state index contributed by atoms with van der Waals surface area (Å²) in [7, 11) is -3.97. The minimum absolute atomic E-state index is 0.103. The molecule has 1 aliphatic rings. The molecular weight excluding hydrogens is 367 g/mol.